The van der Waals surface area contributed by atoms with Crippen LogP contribution in [0.3, 0.4) is 0 Å². The smallest absolute Gasteiger partial charge is 0.251 e. The number of nitrogens with one attached hydrogen (secondary N) is 2. The third-order valence-corrected chi connectivity index (χ3v) is 5.57. The zero-order valence-corrected chi connectivity index (χ0v) is 13.7. The number of fused-ring (bicyclic) bond motifs is 2. The van der Waals surface area contributed by atoms with Crippen molar-refractivity contribution in [3.8, 4) is 0 Å². The standard InChI is InChI=1S/C17H20N4OS/c22-17(20-14-7-12-5-6-21(9-12)10-14)13-1-3-15(4-2-13)23-16-8-18-11-19-16/h1-4,8,11-12,14H,5-7,9-10H2,(H,18,19)(H,20,22)/t12-,14-/m1/s1. The number of piperidine rings is 1. The van der Waals surface area contributed by atoms with E-state index in [-0.39, 0.29) is 5.91 Å². The van der Waals surface area contributed by atoms with Gasteiger partial charge >= 0.3 is 0 Å². The molecule has 0 radical (unpaired) electrons. The van der Waals surface area contributed by atoms with Crippen LogP contribution in [0.2, 0.25) is 0 Å². The Morgan fingerprint density at radius 3 is 2.91 bits per heavy atom. The molecule has 1 amide bonds. The first-order chi connectivity index (χ1) is 11.3. The lowest BCUT2D eigenvalue weighted by Crippen LogP contribution is -2.47. The van der Waals surface area contributed by atoms with Crippen molar-refractivity contribution in [1.82, 2.24) is 20.2 Å². The van der Waals surface area contributed by atoms with Crippen LogP contribution in [0, 0.1) is 5.92 Å². The van der Waals surface area contributed by atoms with Crippen LogP contribution in [-0.2, 0) is 0 Å². The Kier molecular flexibility index (Phi) is 4.10. The highest BCUT2D eigenvalue weighted by molar-refractivity contribution is 7.99. The van der Waals surface area contributed by atoms with E-state index in [0.29, 0.717) is 6.04 Å². The number of nitrogens with zero attached hydrogens (tertiary/aromatic N) is 2. The Balaban J connectivity index is 1.36. The third kappa shape index (κ3) is 3.43. The first kappa shape index (κ1) is 14.8. The van der Waals surface area contributed by atoms with Crippen LogP contribution >= 0.6 is 11.8 Å². The Bertz CT molecular complexity index is 658. The minimum Gasteiger partial charge on any atom is -0.348 e. The summed E-state index contributed by atoms with van der Waals surface area (Å²) in [6, 6.07) is 8.04. The maximum absolute atomic E-state index is 12.4. The average molecular weight is 328 g/mol. The summed E-state index contributed by atoms with van der Waals surface area (Å²) in [7, 11) is 0. The lowest BCUT2D eigenvalue weighted by atomic mass is 9.96. The molecule has 0 aliphatic carbocycles. The number of carbonyl (C=O) groups excluding carboxylic acids is 1. The Labute approximate surface area is 139 Å². The van der Waals surface area contributed by atoms with E-state index in [0.717, 1.165) is 34.4 Å². The van der Waals surface area contributed by atoms with Gasteiger partial charge in [-0.15, -0.1) is 0 Å². The molecule has 1 unspecified atom stereocenters. The summed E-state index contributed by atoms with van der Waals surface area (Å²) >= 11 is 1.60. The van der Waals surface area contributed by atoms with Crippen LogP contribution in [0.25, 0.3) is 0 Å². The molecule has 6 heteroatoms. The minimum absolute atomic E-state index is 0.0376. The normalized spacial score (nSPS) is 26.2. The molecule has 3 heterocycles. The van der Waals surface area contributed by atoms with Crippen molar-refractivity contribution >= 4 is 17.7 Å². The number of imidazole rings is 1. The minimum atomic E-state index is 0.0376. The second kappa shape index (κ2) is 6.37. The summed E-state index contributed by atoms with van der Waals surface area (Å²) < 4.78 is 0. The van der Waals surface area contributed by atoms with E-state index < -0.39 is 0 Å². The number of hydrogen-bond donors (Lipinski definition) is 2. The van der Waals surface area contributed by atoms with Gasteiger partial charge in [0.15, 0.2) is 0 Å². The van der Waals surface area contributed by atoms with Crippen LogP contribution in [0.5, 0.6) is 0 Å². The highest BCUT2D eigenvalue weighted by Crippen LogP contribution is 2.27. The number of H-pyrrole nitrogens is 1. The monoisotopic (exact) mass is 328 g/mol. The number of rotatable bonds is 4. The molecule has 2 aliphatic heterocycles. The largest absolute Gasteiger partial charge is 0.348 e. The van der Waals surface area contributed by atoms with Crippen LogP contribution < -0.4 is 5.32 Å². The van der Waals surface area contributed by atoms with Crippen LogP contribution in [-0.4, -0.2) is 46.5 Å². The SMILES string of the molecule is O=C(N[C@@H]1C[C@H]2CCN(C2)C1)c1ccc(Sc2cnc[nH]2)cc1. The zero-order chi connectivity index (χ0) is 15.6. The van der Waals surface area contributed by atoms with Gasteiger partial charge in [-0.1, -0.05) is 11.8 Å². The van der Waals surface area contributed by atoms with E-state index in [1.807, 2.05) is 24.3 Å². The van der Waals surface area contributed by atoms with Gasteiger partial charge in [0.25, 0.3) is 5.91 Å². The van der Waals surface area contributed by atoms with Gasteiger partial charge in [-0.25, -0.2) is 4.98 Å². The molecule has 23 heavy (non-hydrogen) atoms. The van der Waals surface area contributed by atoms with Gasteiger partial charge in [0.1, 0.15) is 0 Å². The van der Waals surface area contributed by atoms with Crippen molar-refractivity contribution in [1.29, 1.82) is 0 Å². The summed E-state index contributed by atoms with van der Waals surface area (Å²) in [5.41, 5.74) is 0.729. The maximum Gasteiger partial charge on any atom is 0.251 e. The molecule has 120 valence electrons. The van der Waals surface area contributed by atoms with E-state index in [1.54, 1.807) is 24.3 Å². The quantitative estimate of drug-likeness (QED) is 0.905. The second-order valence-electron chi connectivity index (χ2n) is 6.36. The maximum atomic E-state index is 12.4. The second-order valence-corrected chi connectivity index (χ2v) is 7.48. The Morgan fingerprint density at radius 1 is 1.30 bits per heavy atom. The molecule has 3 atom stereocenters. The third-order valence-electron chi connectivity index (χ3n) is 4.62. The number of carbonyl (C=O) groups is 1. The summed E-state index contributed by atoms with van der Waals surface area (Å²) in [5.74, 6) is 0.804. The Hall–Kier alpha value is -1.79. The molecule has 4 rings (SSSR count). The van der Waals surface area contributed by atoms with Crippen molar-refractivity contribution in [3.63, 3.8) is 0 Å². The summed E-state index contributed by atoms with van der Waals surface area (Å²) in [4.78, 5) is 23.0. The lowest BCUT2D eigenvalue weighted by Gasteiger charge is -2.30. The lowest BCUT2D eigenvalue weighted by molar-refractivity contribution is 0.0909. The van der Waals surface area contributed by atoms with E-state index >= 15 is 0 Å². The predicted molar refractivity (Wildman–Crippen MR) is 89.6 cm³/mol. The van der Waals surface area contributed by atoms with Crippen molar-refractivity contribution in [2.45, 2.75) is 28.8 Å². The average Bonchev–Trinajstić information content (AvgIpc) is 3.18. The molecule has 2 aromatic rings. The topological polar surface area (TPSA) is 61.0 Å². The molecule has 1 aromatic carbocycles. The summed E-state index contributed by atoms with van der Waals surface area (Å²) in [5, 5.41) is 4.19. The molecule has 5 nitrogen and oxygen atoms in total. The van der Waals surface area contributed by atoms with Crippen molar-refractivity contribution in [3.05, 3.63) is 42.4 Å². The molecule has 0 spiro atoms. The fraction of sp³-hybridized carbons (Fsp3) is 0.412. The fourth-order valence-electron chi connectivity index (χ4n) is 3.53. The zero-order valence-electron chi connectivity index (χ0n) is 12.9. The van der Waals surface area contributed by atoms with Crippen molar-refractivity contribution in [2.75, 3.05) is 19.6 Å². The number of benzene rings is 1. The molecule has 2 bridgehead atoms. The molecular weight excluding hydrogens is 308 g/mol. The van der Waals surface area contributed by atoms with Crippen molar-refractivity contribution < 1.29 is 4.79 Å². The first-order valence-corrected chi connectivity index (χ1v) is 8.87. The molecule has 1 aromatic heterocycles. The van der Waals surface area contributed by atoms with Gasteiger partial charge in [0, 0.05) is 29.6 Å². The molecule has 0 saturated carbocycles. The fourth-order valence-corrected chi connectivity index (χ4v) is 4.28. The van der Waals surface area contributed by atoms with Gasteiger partial charge in [-0.2, -0.15) is 0 Å². The summed E-state index contributed by atoms with van der Waals surface area (Å²) in [6.07, 6.45) is 5.86. The van der Waals surface area contributed by atoms with E-state index in [9.17, 15) is 4.79 Å². The van der Waals surface area contributed by atoms with E-state index in [1.165, 1.54) is 19.5 Å². The molecule has 2 saturated heterocycles. The highest BCUT2D eigenvalue weighted by Gasteiger charge is 2.32. The van der Waals surface area contributed by atoms with Crippen LogP contribution in [0.4, 0.5) is 0 Å². The van der Waals surface area contributed by atoms with Gasteiger partial charge < -0.3 is 15.2 Å². The van der Waals surface area contributed by atoms with Gasteiger partial charge in [0.05, 0.1) is 17.6 Å². The van der Waals surface area contributed by atoms with Gasteiger partial charge in [0.2, 0.25) is 0 Å². The summed E-state index contributed by atoms with van der Waals surface area (Å²) in [6.45, 7) is 3.40. The molecular formula is C17H20N4OS. The van der Waals surface area contributed by atoms with Gasteiger partial charge in [-0.3, -0.25) is 4.79 Å². The molecule has 2 fully saturated rings. The predicted octanol–water partition coefficient (Wildman–Crippen LogP) is 2.38. The highest BCUT2D eigenvalue weighted by atomic mass is 32.2. The van der Waals surface area contributed by atoms with Crippen molar-refractivity contribution in [2.24, 2.45) is 5.92 Å². The first-order valence-electron chi connectivity index (χ1n) is 8.06. The number of aromatic amines is 1. The Morgan fingerprint density at radius 2 is 2.17 bits per heavy atom. The van der Waals surface area contributed by atoms with Crippen LogP contribution in [0.15, 0.2) is 46.7 Å². The number of aromatic nitrogens is 2. The number of hydrogen-bond acceptors (Lipinski definition) is 4. The van der Waals surface area contributed by atoms with Crippen LogP contribution in [0.1, 0.15) is 23.2 Å². The van der Waals surface area contributed by atoms with E-state index in [2.05, 4.69) is 20.2 Å². The number of amides is 1. The van der Waals surface area contributed by atoms with E-state index in [4.69, 9.17) is 0 Å². The molecule has 2 N–H and O–H groups in total. The van der Waals surface area contributed by atoms with Gasteiger partial charge in [-0.05, 0) is 49.6 Å². The molecule has 2 aliphatic rings.